The van der Waals surface area contributed by atoms with Gasteiger partial charge in [-0.3, -0.25) is 4.99 Å². The minimum absolute atomic E-state index is 0.214. The van der Waals surface area contributed by atoms with Crippen molar-refractivity contribution in [3.05, 3.63) is 66.0 Å². The first kappa shape index (κ1) is 21.8. The summed E-state index contributed by atoms with van der Waals surface area (Å²) in [5, 5.41) is 6.26. The minimum Gasteiger partial charge on any atom is -0.356 e. The van der Waals surface area contributed by atoms with Gasteiger partial charge in [-0.15, -0.1) is 0 Å². The second-order valence-corrected chi connectivity index (χ2v) is 8.72. The Balaban J connectivity index is 1.82. The van der Waals surface area contributed by atoms with E-state index < -0.39 is 10.0 Å². The Morgan fingerprint density at radius 2 is 1.75 bits per heavy atom. The normalized spacial score (nSPS) is 12.6. The predicted molar refractivity (Wildman–Crippen MR) is 110 cm³/mol. The third-order valence-corrected chi connectivity index (χ3v) is 5.77. The molecule has 6 nitrogen and oxygen atoms in total. The standard InChI is InChI=1S/C20H27FN4O2S/c1-20(2,16-8-7-9-17(21)14-16)15-24-19(22-3)23-12-13-25-28(26,27)18-10-5-4-6-11-18/h4-11,14,25H,12-13,15H2,1-3H3,(H2,22,23,24). The van der Waals surface area contributed by atoms with Gasteiger partial charge in [0.05, 0.1) is 4.90 Å². The van der Waals surface area contributed by atoms with Crippen LogP contribution in [0.1, 0.15) is 19.4 Å². The molecule has 0 aliphatic heterocycles. The van der Waals surface area contributed by atoms with E-state index >= 15 is 0 Å². The Labute approximate surface area is 166 Å². The summed E-state index contributed by atoms with van der Waals surface area (Å²) in [6.45, 7) is 5.13. The molecule has 0 unspecified atom stereocenters. The van der Waals surface area contributed by atoms with Crippen molar-refractivity contribution in [3.8, 4) is 0 Å². The number of sulfonamides is 1. The molecule has 0 heterocycles. The van der Waals surface area contributed by atoms with Crippen LogP contribution in [0.15, 0.2) is 64.5 Å². The van der Waals surface area contributed by atoms with E-state index in [-0.39, 0.29) is 22.7 Å². The van der Waals surface area contributed by atoms with Gasteiger partial charge in [-0.2, -0.15) is 0 Å². The number of rotatable bonds is 8. The molecule has 0 atom stereocenters. The largest absolute Gasteiger partial charge is 0.356 e. The molecule has 0 amide bonds. The van der Waals surface area contributed by atoms with Gasteiger partial charge in [0.15, 0.2) is 5.96 Å². The van der Waals surface area contributed by atoms with Gasteiger partial charge in [-0.05, 0) is 29.8 Å². The zero-order valence-electron chi connectivity index (χ0n) is 16.4. The van der Waals surface area contributed by atoms with Gasteiger partial charge in [-0.25, -0.2) is 17.5 Å². The van der Waals surface area contributed by atoms with Gasteiger partial charge in [0, 0.05) is 32.1 Å². The monoisotopic (exact) mass is 406 g/mol. The molecular weight excluding hydrogens is 379 g/mol. The summed E-state index contributed by atoms with van der Waals surface area (Å²) in [5.41, 5.74) is 0.570. The molecule has 0 bridgehead atoms. The van der Waals surface area contributed by atoms with Crippen molar-refractivity contribution in [2.45, 2.75) is 24.2 Å². The smallest absolute Gasteiger partial charge is 0.240 e. The van der Waals surface area contributed by atoms with Crippen LogP contribution in [-0.2, 0) is 15.4 Å². The van der Waals surface area contributed by atoms with Crippen molar-refractivity contribution < 1.29 is 12.8 Å². The average Bonchev–Trinajstić information content (AvgIpc) is 2.68. The van der Waals surface area contributed by atoms with Crippen LogP contribution < -0.4 is 15.4 Å². The Bertz CT molecular complexity index is 899. The number of hydrogen-bond acceptors (Lipinski definition) is 3. The highest BCUT2D eigenvalue weighted by atomic mass is 32.2. The van der Waals surface area contributed by atoms with Crippen molar-refractivity contribution in [3.63, 3.8) is 0 Å². The fourth-order valence-corrected chi connectivity index (χ4v) is 3.64. The topological polar surface area (TPSA) is 82.6 Å². The van der Waals surface area contributed by atoms with E-state index in [1.807, 2.05) is 19.9 Å². The van der Waals surface area contributed by atoms with E-state index in [1.165, 1.54) is 12.1 Å². The number of halogens is 1. The van der Waals surface area contributed by atoms with E-state index in [9.17, 15) is 12.8 Å². The lowest BCUT2D eigenvalue weighted by atomic mass is 9.84. The first-order valence-electron chi connectivity index (χ1n) is 9.00. The van der Waals surface area contributed by atoms with Gasteiger partial charge in [0.25, 0.3) is 0 Å². The van der Waals surface area contributed by atoms with Gasteiger partial charge >= 0.3 is 0 Å². The number of aliphatic imine (C=N–C) groups is 1. The van der Waals surface area contributed by atoms with Crippen molar-refractivity contribution in [1.29, 1.82) is 0 Å². The Morgan fingerprint density at radius 3 is 2.39 bits per heavy atom. The van der Waals surface area contributed by atoms with E-state index in [1.54, 1.807) is 43.4 Å². The molecular formula is C20H27FN4O2S. The van der Waals surface area contributed by atoms with Crippen LogP contribution in [0.2, 0.25) is 0 Å². The first-order chi connectivity index (χ1) is 13.2. The molecule has 0 radical (unpaired) electrons. The summed E-state index contributed by atoms with van der Waals surface area (Å²) in [7, 11) is -1.89. The lowest BCUT2D eigenvalue weighted by molar-refractivity contribution is 0.503. The highest BCUT2D eigenvalue weighted by Crippen LogP contribution is 2.22. The first-order valence-corrected chi connectivity index (χ1v) is 10.5. The van der Waals surface area contributed by atoms with Crippen LogP contribution >= 0.6 is 0 Å². The molecule has 0 saturated carbocycles. The Hall–Kier alpha value is -2.45. The van der Waals surface area contributed by atoms with Gasteiger partial charge < -0.3 is 10.6 Å². The number of nitrogens with one attached hydrogen (secondary N) is 3. The Kier molecular flexibility index (Phi) is 7.53. The van der Waals surface area contributed by atoms with Crippen LogP contribution in [0.25, 0.3) is 0 Å². The van der Waals surface area contributed by atoms with Gasteiger partial charge in [0.2, 0.25) is 10.0 Å². The summed E-state index contributed by atoms with van der Waals surface area (Å²) in [5.74, 6) is 0.280. The molecule has 152 valence electrons. The summed E-state index contributed by atoms with van der Waals surface area (Å²) in [4.78, 5) is 4.37. The molecule has 2 rings (SSSR count). The second kappa shape index (κ2) is 9.66. The number of nitrogens with zero attached hydrogens (tertiary/aromatic N) is 1. The van der Waals surface area contributed by atoms with Crippen molar-refractivity contribution in [1.82, 2.24) is 15.4 Å². The summed E-state index contributed by atoms with van der Waals surface area (Å²) in [6.07, 6.45) is 0. The lowest BCUT2D eigenvalue weighted by Crippen LogP contribution is -2.45. The van der Waals surface area contributed by atoms with E-state index in [2.05, 4.69) is 20.3 Å². The third kappa shape index (κ3) is 6.31. The van der Waals surface area contributed by atoms with Crippen LogP contribution in [0.3, 0.4) is 0 Å². The molecule has 2 aromatic carbocycles. The quantitative estimate of drug-likeness (QED) is 0.357. The molecule has 0 aromatic heterocycles. The zero-order chi connectivity index (χ0) is 20.6. The fraction of sp³-hybridized carbons (Fsp3) is 0.350. The maximum Gasteiger partial charge on any atom is 0.240 e. The number of hydrogen-bond donors (Lipinski definition) is 3. The molecule has 2 aromatic rings. The van der Waals surface area contributed by atoms with E-state index in [4.69, 9.17) is 0 Å². The van der Waals surface area contributed by atoms with E-state index in [0.717, 1.165) is 5.56 Å². The van der Waals surface area contributed by atoms with Gasteiger partial charge in [-0.1, -0.05) is 44.2 Å². The summed E-state index contributed by atoms with van der Waals surface area (Å²) in [6, 6.07) is 14.7. The third-order valence-electron chi connectivity index (χ3n) is 4.29. The second-order valence-electron chi connectivity index (χ2n) is 6.96. The van der Waals surface area contributed by atoms with Crippen molar-refractivity contribution in [2.24, 2.45) is 4.99 Å². The zero-order valence-corrected chi connectivity index (χ0v) is 17.2. The molecule has 0 aliphatic carbocycles. The van der Waals surface area contributed by atoms with Gasteiger partial charge in [0.1, 0.15) is 5.82 Å². The van der Waals surface area contributed by atoms with Crippen LogP contribution in [-0.4, -0.2) is 41.1 Å². The molecule has 3 N–H and O–H groups in total. The van der Waals surface area contributed by atoms with Crippen molar-refractivity contribution >= 4 is 16.0 Å². The molecule has 0 spiro atoms. The predicted octanol–water partition coefficient (Wildman–Crippen LogP) is 2.25. The van der Waals surface area contributed by atoms with Crippen molar-refractivity contribution in [2.75, 3.05) is 26.7 Å². The fourth-order valence-electron chi connectivity index (χ4n) is 2.59. The van der Waals surface area contributed by atoms with Crippen LogP contribution in [0, 0.1) is 5.82 Å². The van der Waals surface area contributed by atoms with Crippen LogP contribution in [0.4, 0.5) is 4.39 Å². The molecule has 28 heavy (non-hydrogen) atoms. The molecule has 0 saturated heterocycles. The average molecular weight is 407 g/mol. The maximum atomic E-state index is 13.5. The molecule has 8 heteroatoms. The summed E-state index contributed by atoms with van der Waals surface area (Å²) < 4.78 is 40.4. The Morgan fingerprint density at radius 1 is 1.04 bits per heavy atom. The molecule has 0 aliphatic rings. The molecule has 0 fully saturated rings. The highest BCUT2D eigenvalue weighted by molar-refractivity contribution is 7.89. The van der Waals surface area contributed by atoms with E-state index in [0.29, 0.717) is 19.0 Å². The maximum absolute atomic E-state index is 13.5. The minimum atomic E-state index is -3.53. The number of benzene rings is 2. The SMILES string of the molecule is CN=C(NCCNS(=O)(=O)c1ccccc1)NCC(C)(C)c1cccc(F)c1. The highest BCUT2D eigenvalue weighted by Gasteiger charge is 2.21. The summed E-state index contributed by atoms with van der Waals surface area (Å²) >= 11 is 0. The number of guanidine groups is 1. The lowest BCUT2D eigenvalue weighted by Gasteiger charge is -2.27. The van der Waals surface area contributed by atoms with Crippen LogP contribution in [0.5, 0.6) is 0 Å².